The first-order chi connectivity index (χ1) is 10.3. The Kier molecular flexibility index (Phi) is 5.32. The molecule has 1 heterocycles. The van der Waals surface area contributed by atoms with Crippen LogP contribution in [-0.4, -0.2) is 24.2 Å². The minimum Gasteiger partial charge on any atom is -0.258 e. The lowest BCUT2D eigenvalue weighted by molar-refractivity contribution is -0.384. The number of non-ortho nitro benzene ring substituents is 1. The van der Waals surface area contributed by atoms with Gasteiger partial charge in [-0.2, -0.15) is 4.31 Å². The molecule has 0 fully saturated rings. The van der Waals surface area contributed by atoms with Crippen molar-refractivity contribution in [1.29, 1.82) is 0 Å². The zero-order valence-corrected chi connectivity index (χ0v) is 14.8. The lowest BCUT2D eigenvalue weighted by atomic mass is 10.3. The van der Waals surface area contributed by atoms with Gasteiger partial charge in [0, 0.05) is 30.1 Å². The number of sulfonamides is 1. The second kappa shape index (κ2) is 6.86. The largest absolute Gasteiger partial charge is 0.269 e. The third-order valence-corrected chi connectivity index (χ3v) is 6.54. The van der Waals surface area contributed by atoms with Gasteiger partial charge >= 0.3 is 0 Å². The third-order valence-electron chi connectivity index (χ3n) is 3.00. The van der Waals surface area contributed by atoms with Crippen LogP contribution in [0.1, 0.15) is 11.8 Å². The van der Waals surface area contributed by atoms with Crippen LogP contribution < -0.4 is 0 Å². The SMILES string of the molecule is CCN(Cc1ccc(Br)s1)S(=O)(=O)c1ccc([N+](=O)[O-])cc1. The van der Waals surface area contributed by atoms with E-state index in [9.17, 15) is 18.5 Å². The molecule has 2 aromatic rings. The van der Waals surface area contributed by atoms with Crippen molar-refractivity contribution in [2.45, 2.75) is 18.4 Å². The van der Waals surface area contributed by atoms with Gasteiger partial charge in [-0.1, -0.05) is 6.92 Å². The number of thiophene rings is 1. The van der Waals surface area contributed by atoms with E-state index in [1.165, 1.54) is 39.9 Å². The minimum absolute atomic E-state index is 0.0515. The Bertz CT molecular complexity index is 772. The molecule has 0 unspecified atom stereocenters. The van der Waals surface area contributed by atoms with Gasteiger partial charge in [-0.25, -0.2) is 8.42 Å². The average molecular weight is 405 g/mol. The summed E-state index contributed by atoms with van der Waals surface area (Å²) in [5.41, 5.74) is -0.135. The molecule has 1 aromatic heterocycles. The quantitative estimate of drug-likeness (QED) is 0.543. The molecule has 0 saturated heterocycles. The molecule has 118 valence electrons. The first-order valence-corrected chi connectivity index (χ1v) is 9.38. The summed E-state index contributed by atoms with van der Waals surface area (Å²) in [6, 6.07) is 8.65. The van der Waals surface area contributed by atoms with Crippen LogP contribution in [-0.2, 0) is 16.6 Å². The van der Waals surface area contributed by atoms with Crippen molar-refractivity contribution < 1.29 is 13.3 Å². The number of nitro groups is 1. The van der Waals surface area contributed by atoms with E-state index in [1.807, 2.05) is 12.1 Å². The van der Waals surface area contributed by atoms with Gasteiger partial charge in [-0.3, -0.25) is 10.1 Å². The molecule has 0 aliphatic heterocycles. The highest BCUT2D eigenvalue weighted by Gasteiger charge is 2.24. The zero-order valence-electron chi connectivity index (χ0n) is 11.6. The summed E-state index contributed by atoms with van der Waals surface area (Å²) < 4.78 is 27.5. The first-order valence-electron chi connectivity index (χ1n) is 6.33. The molecule has 0 N–H and O–H groups in total. The van der Waals surface area contributed by atoms with Crippen molar-refractivity contribution in [1.82, 2.24) is 4.31 Å². The van der Waals surface area contributed by atoms with Gasteiger partial charge in [0.05, 0.1) is 13.6 Å². The predicted octanol–water partition coefficient (Wildman–Crippen LogP) is 3.63. The molecule has 1 aromatic carbocycles. The zero-order chi connectivity index (χ0) is 16.3. The normalized spacial score (nSPS) is 11.8. The van der Waals surface area contributed by atoms with Crippen LogP contribution in [0.4, 0.5) is 5.69 Å². The Morgan fingerprint density at radius 3 is 2.32 bits per heavy atom. The average Bonchev–Trinajstić information content (AvgIpc) is 2.90. The van der Waals surface area contributed by atoms with E-state index in [1.54, 1.807) is 6.92 Å². The van der Waals surface area contributed by atoms with Crippen LogP contribution >= 0.6 is 27.3 Å². The molecule has 0 aliphatic carbocycles. The van der Waals surface area contributed by atoms with Gasteiger partial charge < -0.3 is 0 Å². The van der Waals surface area contributed by atoms with E-state index < -0.39 is 14.9 Å². The Hall–Kier alpha value is -1.29. The molecule has 0 aliphatic rings. The lowest BCUT2D eigenvalue weighted by Crippen LogP contribution is -2.30. The number of hydrogen-bond donors (Lipinski definition) is 0. The fourth-order valence-corrected chi connectivity index (χ4v) is 4.87. The highest BCUT2D eigenvalue weighted by molar-refractivity contribution is 9.11. The highest BCUT2D eigenvalue weighted by Crippen LogP contribution is 2.26. The molecule has 22 heavy (non-hydrogen) atoms. The van der Waals surface area contributed by atoms with Crippen molar-refractivity contribution in [2.75, 3.05) is 6.54 Å². The molecule has 0 radical (unpaired) electrons. The summed E-state index contributed by atoms with van der Waals surface area (Å²) in [4.78, 5) is 11.0. The Morgan fingerprint density at radius 1 is 1.23 bits per heavy atom. The molecule has 0 bridgehead atoms. The van der Waals surface area contributed by atoms with Gasteiger partial charge in [0.25, 0.3) is 5.69 Å². The summed E-state index contributed by atoms with van der Waals surface area (Å²) in [6.07, 6.45) is 0. The van der Waals surface area contributed by atoms with Crippen LogP contribution in [0.2, 0.25) is 0 Å². The summed E-state index contributed by atoms with van der Waals surface area (Å²) in [5.74, 6) is 0. The van der Waals surface area contributed by atoms with Gasteiger partial charge in [0.2, 0.25) is 10.0 Å². The first kappa shape index (κ1) is 17.1. The van der Waals surface area contributed by atoms with E-state index >= 15 is 0 Å². The molecule has 6 nitrogen and oxygen atoms in total. The van der Waals surface area contributed by atoms with Gasteiger partial charge in [-0.15, -0.1) is 11.3 Å². The molecule has 0 saturated carbocycles. The van der Waals surface area contributed by atoms with Crippen molar-refractivity contribution in [3.63, 3.8) is 0 Å². The second-order valence-corrected chi connectivity index (χ2v) is 8.87. The summed E-state index contributed by atoms with van der Waals surface area (Å²) in [6.45, 7) is 2.34. The maximum Gasteiger partial charge on any atom is 0.269 e. The molecule has 0 amide bonds. The minimum atomic E-state index is -3.68. The van der Waals surface area contributed by atoms with Gasteiger partial charge in [0.15, 0.2) is 0 Å². The van der Waals surface area contributed by atoms with E-state index in [0.717, 1.165) is 8.66 Å². The molecule has 0 spiro atoms. The van der Waals surface area contributed by atoms with E-state index in [0.29, 0.717) is 6.54 Å². The maximum absolute atomic E-state index is 12.6. The lowest BCUT2D eigenvalue weighted by Gasteiger charge is -2.19. The molecule has 2 rings (SSSR count). The summed E-state index contributed by atoms with van der Waals surface area (Å²) in [5, 5.41) is 10.6. The number of nitrogens with zero attached hydrogens (tertiary/aromatic N) is 2. The second-order valence-electron chi connectivity index (χ2n) is 4.39. The van der Waals surface area contributed by atoms with Crippen LogP contribution in [0.3, 0.4) is 0 Å². The Morgan fingerprint density at radius 2 is 1.86 bits per heavy atom. The number of rotatable bonds is 6. The van der Waals surface area contributed by atoms with E-state index in [2.05, 4.69) is 15.9 Å². The van der Waals surface area contributed by atoms with Crippen molar-refractivity contribution in [3.05, 3.63) is 55.2 Å². The number of benzene rings is 1. The fraction of sp³-hybridized carbons (Fsp3) is 0.231. The molecular formula is C13H13BrN2O4S2. The van der Waals surface area contributed by atoms with Crippen molar-refractivity contribution in [2.24, 2.45) is 0 Å². The fourth-order valence-electron chi connectivity index (χ4n) is 1.87. The van der Waals surface area contributed by atoms with Crippen LogP contribution in [0.5, 0.6) is 0 Å². The molecular weight excluding hydrogens is 392 g/mol. The Labute approximate surface area is 140 Å². The summed E-state index contributed by atoms with van der Waals surface area (Å²) in [7, 11) is -3.68. The maximum atomic E-state index is 12.6. The third kappa shape index (κ3) is 3.72. The van der Waals surface area contributed by atoms with E-state index in [-0.39, 0.29) is 17.1 Å². The Balaban J connectivity index is 2.27. The smallest absolute Gasteiger partial charge is 0.258 e. The predicted molar refractivity (Wildman–Crippen MR) is 88.4 cm³/mol. The molecule has 9 heteroatoms. The van der Waals surface area contributed by atoms with Crippen LogP contribution in [0.15, 0.2) is 45.1 Å². The number of nitro benzene ring substituents is 1. The van der Waals surface area contributed by atoms with Crippen molar-refractivity contribution >= 4 is 43.0 Å². The highest BCUT2D eigenvalue weighted by atomic mass is 79.9. The van der Waals surface area contributed by atoms with E-state index in [4.69, 9.17) is 0 Å². The van der Waals surface area contributed by atoms with Crippen molar-refractivity contribution in [3.8, 4) is 0 Å². The molecule has 0 atom stereocenters. The standard InChI is InChI=1S/C13H13BrN2O4S2/c1-2-15(9-11-5-8-13(14)21-11)22(19,20)12-6-3-10(4-7-12)16(17)18/h3-8H,2,9H2,1H3. The topological polar surface area (TPSA) is 80.5 Å². The number of hydrogen-bond acceptors (Lipinski definition) is 5. The van der Waals surface area contributed by atoms with Crippen LogP contribution in [0.25, 0.3) is 0 Å². The summed E-state index contributed by atoms with van der Waals surface area (Å²) >= 11 is 4.82. The number of halogens is 1. The monoisotopic (exact) mass is 404 g/mol. The van der Waals surface area contributed by atoms with Crippen LogP contribution in [0, 0.1) is 10.1 Å². The van der Waals surface area contributed by atoms with Gasteiger partial charge in [-0.05, 0) is 40.2 Å². The van der Waals surface area contributed by atoms with Gasteiger partial charge in [0.1, 0.15) is 0 Å².